The first-order valence-electron chi connectivity index (χ1n) is 9.65. The summed E-state index contributed by atoms with van der Waals surface area (Å²) >= 11 is 0. The van der Waals surface area contributed by atoms with Crippen LogP contribution in [0.5, 0.6) is 11.5 Å². The van der Waals surface area contributed by atoms with Gasteiger partial charge in [-0.3, -0.25) is 0 Å². The van der Waals surface area contributed by atoms with Gasteiger partial charge >= 0.3 is 5.97 Å². The zero-order valence-corrected chi connectivity index (χ0v) is 17.0. The van der Waals surface area contributed by atoms with E-state index in [4.69, 9.17) is 14.2 Å². The van der Waals surface area contributed by atoms with Crippen LogP contribution in [0.25, 0.3) is 0 Å². The molecule has 3 aromatic rings. The third-order valence-electron chi connectivity index (χ3n) is 4.49. The lowest BCUT2D eigenvalue weighted by atomic mass is 10.1. The summed E-state index contributed by atoms with van der Waals surface area (Å²) in [6.07, 6.45) is 0. The smallest absolute Gasteiger partial charge is 0.338 e. The zero-order valence-electron chi connectivity index (χ0n) is 17.0. The Morgan fingerprint density at radius 2 is 1.70 bits per heavy atom. The molecule has 0 aromatic heterocycles. The van der Waals surface area contributed by atoms with Crippen molar-refractivity contribution in [3.8, 4) is 11.5 Å². The minimum absolute atomic E-state index is 0.0916. The van der Waals surface area contributed by atoms with E-state index in [1.54, 1.807) is 50.4 Å². The molecule has 0 amide bonds. The first-order chi connectivity index (χ1) is 14.6. The number of nitrogens with one attached hydrogen (secondary N) is 1. The number of methoxy groups -OCH3 is 1. The average molecular weight is 409 g/mol. The zero-order chi connectivity index (χ0) is 21.3. The van der Waals surface area contributed by atoms with Gasteiger partial charge in [-0.25, -0.2) is 9.18 Å². The topological polar surface area (TPSA) is 56.8 Å². The van der Waals surface area contributed by atoms with E-state index in [9.17, 15) is 9.18 Å². The monoisotopic (exact) mass is 409 g/mol. The van der Waals surface area contributed by atoms with Crippen LogP contribution in [0.4, 0.5) is 10.1 Å². The van der Waals surface area contributed by atoms with Crippen LogP contribution in [0, 0.1) is 5.82 Å². The van der Waals surface area contributed by atoms with Gasteiger partial charge in [-0.05, 0) is 43.3 Å². The van der Waals surface area contributed by atoms with Gasteiger partial charge < -0.3 is 19.5 Å². The van der Waals surface area contributed by atoms with Crippen LogP contribution in [-0.2, 0) is 17.9 Å². The summed E-state index contributed by atoms with van der Waals surface area (Å²) in [5, 5.41) is 3.30. The Morgan fingerprint density at radius 3 is 2.40 bits per heavy atom. The van der Waals surface area contributed by atoms with Crippen LogP contribution in [0.1, 0.15) is 28.4 Å². The van der Waals surface area contributed by atoms with E-state index >= 15 is 0 Å². The van der Waals surface area contributed by atoms with Crippen molar-refractivity contribution in [3.63, 3.8) is 0 Å². The van der Waals surface area contributed by atoms with Gasteiger partial charge in [-0.15, -0.1) is 0 Å². The third kappa shape index (κ3) is 5.29. The van der Waals surface area contributed by atoms with E-state index in [0.29, 0.717) is 35.8 Å². The molecule has 0 heterocycles. The quantitative estimate of drug-likeness (QED) is 0.492. The van der Waals surface area contributed by atoms with Crippen molar-refractivity contribution in [3.05, 3.63) is 89.2 Å². The molecule has 0 atom stereocenters. The van der Waals surface area contributed by atoms with Crippen LogP contribution in [-0.4, -0.2) is 19.7 Å². The highest BCUT2D eigenvalue weighted by Crippen LogP contribution is 2.32. The molecule has 0 spiro atoms. The molecule has 6 heteroatoms. The second kappa shape index (κ2) is 10.3. The van der Waals surface area contributed by atoms with E-state index in [0.717, 1.165) is 11.3 Å². The summed E-state index contributed by atoms with van der Waals surface area (Å²) in [5.74, 6) is 0.469. The first kappa shape index (κ1) is 21.2. The summed E-state index contributed by atoms with van der Waals surface area (Å²) in [7, 11) is 1.57. The number of rotatable bonds is 9. The third-order valence-corrected chi connectivity index (χ3v) is 4.49. The minimum Gasteiger partial charge on any atom is -0.493 e. The molecule has 0 aliphatic heterocycles. The molecule has 0 bridgehead atoms. The second-order valence-electron chi connectivity index (χ2n) is 6.48. The number of carbonyl (C=O) groups is 1. The highest BCUT2D eigenvalue weighted by molar-refractivity contribution is 5.89. The Balaban J connectivity index is 1.71. The van der Waals surface area contributed by atoms with Crippen LogP contribution in [0.2, 0.25) is 0 Å². The maximum atomic E-state index is 13.9. The maximum absolute atomic E-state index is 13.9. The molecule has 5 nitrogen and oxygen atoms in total. The summed E-state index contributed by atoms with van der Waals surface area (Å²) in [4.78, 5) is 11.8. The van der Waals surface area contributed by atoms with Gasteiger partial charge in [0.1, 0.15) is 12.4 Å². The highest BCUT2D eigenvalue weighted by atomic mass is 19.1. The number of carbonyl (C=O) groups excluding carboxylic acids is 1. The fourth-order valence-electron chi connectivity index (χ4n) is 2.93. The Labute approximate surface area is 175 Å². The molecule has 0 fully saturated rings. The van der Waals surface area contributed by atoms with Crippen LogP contribution < -0.4 is 14.8 Å². The minimum atomic E-state index is -0.347. The molecule has 0 aliphatic rings. The van der Waals surface area contributed by atoms with Crippen molar-refractivity contribution in [1.29, 1.82) is 0 Å². The summed E-state index contributed by atoms with van der Waals surface area (Å²) in [6, 6.07) is 19.1. The Morgan fingerprint density at radius 1 is 0.967 bits per heavy atom. The first-order valence-corrected chi connectivity index (χ1v) is 9.65. The maximum Gasteiger partial charge on any atom is 0.338 e. The average Bonchev–Trinajstić information content (AvgIpc) is 2.77. The molecule has 0 saturated carbocycles. The van der Waals surface area contributed by atoms with E-state index in [1.807, 2.05) is 24.3 Å². The van der Waals surface area contributed by atoms with Gasteiger partial charge in [-0.1, -0.05) is 30.3 Å². The van der Waals surface area contributed by atoms with Gasteiger partial charge in [0.05, 0.1) is 19.3 Å². The van der Waals surface area contributed by atoms with Crippen molar-refractivity contribution < 1.29 is 23.4 Å². The standard InChI is InChI=1S/C24H24FNO4/c1-3-29-24(27)17-11-13-20(14-12-17)26-15-18-8-6-10-22(28-2)23(18)30-16-19-7-4-5-9-21(19)25/h4-14,26H,3,15-16H2,1-2H3. The van der Waals surface area contributed by atoms with Crippen molar-refractivity contribution in [2.75, 3.05) is 19.0 Å². The van der Waals surface area contributed by atoms with Crippen LogP contribution >= 0.6 is 0 Å². The number of para-hydroxylation sites is 1. The van der Waals surface area contributed by atoms with Gasteiger partial charge in [0, 0.05) is 23.4 Å². The van der Waals surface area contributed by atoms with E-state index in [-0.39, 0.29) is 18.4 Å². The van der Waals surface area contributed by atoms with Crippen LogP contribution in [0.3, 0.4) is 0 Å². The van der Waals surface area contributed by atoms with Gasteiger partial charge in [-0.2, -0.15) is 0 Å². The summed E-state index contributed by atoms with van der Waals surface area (Å²) < 4.78 is 30.3. The fraction of sp³-hybridized carbons (Fsp3) is 0.208. The molecular weight excluding hydrogens is 385 g/mol. The number of esters is 1. The number of ether oxygens (including phenoxy) is 3. The molecule has 30 heavy (non-hydrogen) atoms. The summed E-state index contributed by atoms with van der Waals surface area (Å²) in [5.41, 5.74) is 2.67. The van der Waals surface area contributed by atoms with Gasteiger partial charge in [0.2, 0.25) is 0 Å². The largest absolute Gasteiger partial charge is 0.493 e. The molecular formula is C24H24FNO4. The molecule has 3 rings (SSSR count). The van der Waals surface area contributed by atoms with Crippen molar-refractivity contribution >= 4 is 11.7 Å². The van der Waals surface area contributed by atoms with E-state index in [1.165, 1.54) is 6.07 Å². The fourth-order valence-corrected chi connectivity index (χ4v) is 2.93. The molecule has 1 N–H and O–H groups in total. The number of anilines is 1. The summed E-state index contributed by atoms with van der Waals surface area (Å²) in [6.45, 7) is 2.66. The molecule has 0 unspecified atom stereocenters. The highest BCUT2D eigenvalue weighted by Gasteiger charge is 2.12. The van der Waals surface area contributed by atoms with E-state index in [2.05, 4.69) is 5.32 Å². The van der Waals surface area contributed by atoms with E-state index < -0.39 is 0 Å². The molecule has 0 radical (unpaired) electrons. The lowest BCUT2D eigenvalue weighted by molar-refractivity contribution is 0.0526. The number of hydrogen-bond acceptors (Lipinski definition) is 5. The number of halogens is 1. The van der Waals surface area contributed by atoms with Crippen molar-refractivity contribution in [2.45, 2.75) is 20.1 Å². The molecule has 0 aliphatic carbocycles. The Bertz CT molecular complexity index is 989. The SMILES string of the molecule is CCOC(=O)c1ccc(NCc2cccc(OC)c2OCc2ccccc2F)cc1. The Kier molecular flexibility index (Phi) is 7.27. The number of benzene rings is 3. The molecule has 156 valence electrons. The molecule has 3 aromatic carbocycles. The molecule has 0 saturated heterocycles. The van der Waals surface area contributed by atoms with Crippen molar-refractivity contribution in [1.82, 2.24) is 0 Å². The predicted molar refractivity (Wildman–Crippen MR) is 113 cm³/mol. The normalized spacial score (nSPS) is 10.4. The van der Waals surface area contributed by atoms with Crippen molar-refractivity contribution in [2.24, 2.45) is 0 Å². The Hall–Kier alpha value is -3.54. The van der Waals surface area contributed by atoms with Gasteiger partial charge in [0.15, 0.2) is 11.5 Å². The second-order valence-corrected chi connectivity index (χ2v) is 6.48. The lowest BCUT2D eigenvalue weighted by Crippen LogP contribution is -2.07. The number of hydrogen-bond donors (Lipinski definition) is 1. The van der Waals surface area contributed by atoms with Gasteiger partial charge in [0.25, 0.3) is 0 Å². The van der Waals surface area contributed by atoms with Crippen LogP contribution in [0.15, 0.2) is 66.7 Å². The lowest BCUT2D eigenvalue weighted by Gasteiger charge is -2.16. The predicted octanol–water partition coefficient (Wildman–Crippen LogP) is 5.20.